The van der Waals surface area contributed by atoms with Crippen LogP contribution in [0.3, 0.4) is 0 Å². The van der Waals surface area contributed by atoms with Crippen LogP contribution in [0.4, 0.5) is 4.39 Å². The van der Waals surface area contributed by atoms with Gasteiger partial charge in [-0.1, -0.05) is 41.8 Å². The van der Waals surface area contributed by atoms with E-state index >= 15 is 0 Å². The van der Waals surface area contributed by atoms with Gasteiger partial charge in [0.15, 0.2) is 0 Å². The van der Waals surface area contributed by atoms with E-state index in [1.807, 2.05) is 19.1 Å². The normalized spacial score (nSPS) is 18.8. The van der Waals surface area contributed by atoms with Crippen molar-refractivity contribution < 1.29 is 12.8 Å². The van der Waals surface area contributed by atoms with Crippen LogP contribution in [0, 0.1) is 12.7 Å². The monoisotopic (exact) mass is 395 g/mol. The summed E-state index contributed by atoms with van der Waals surface area (Å²) >= 11 is 5.80. The topological polar surface area (TPSA) is 37.4 Å². The lowest BCUT2D eigenvalue weighted by Crippen LogP contribution is -2.43. The molecule has 6 heteroatoms. The Kier molecular flexibility index (Phi) is 6.00. The second-order valence-electron chi connectivity index (χ2n) is 6.85. The second-order valence-corrected chi connectivity index (χ2v) is 9.18. The highest BCUT2D eigenvalue weighted by Gasteiger charge is 2.33. The van der Waals surface area contributed by atoms with Crippen LogP contribution in [-0.4, -0.2) is 25.3 Å². The van der Waals surface area contributed by atoms with Crippen molar-refractivity contribution in [2.75, 3.05) is 6.54 Å². The standard InChI is InChI=1S/C20H23ClFNO2S/c1-15-5-11-19(12-6-15)26(24,25)23-13-3-2-4-18(23)10-8-16-7-9-17(21)14-20(16)22/h5-7,9,11-12,14,18H,2-4,8,10,13H2,1H3. The van der Waals surface area contributed by atoms with Gasteiger partial charge in [0.2, 0.25) is 10.0 Å². The number of nitrogens with zero attached hydrogens (tertiary/aromatic N) is 1. The first kappa shape index (κ1) is 19.3. The minimum absolute atomic E-state index is 0.106. The van der Waals surface area contributed by atoms with Gasteiger partial charge in [-0.2, -0.15) is 4.31 Å². The molecular formula is C20H23ClFNO2S. The van der Waals surface area contributed by atoms with Crippen LogP contribution in [0.2, 0.25) is 5.02 Å². The molecule has 2 aromatic rings. The molecule has 1 aliphatic heterocycles. The Morgan fingerprint density at radius 2 is 1.88 bits per heavy atom. The van der Waals surface area contributed by atoms with Crippen LogP contribution in [0.5, 0.6) is 0 Å². The number of halogens is 2. The third-order valence-electron chi connectivity index (χ3n) is 4.96. The zero-order valence-corrected chi connectivity index (χ0v) is 16.4. The van der Waals surface area contributed by atoms with E-state index in [4.69, 9.17) is 11.6 Å². The molecule has 0 spiro atoms. The maximum absolute atomic E-state index is 14.0. The average Bonchev–Trinajstić information content (AvgIpc) is 2.61. The van der Waals surface area contributed by atoms with Gasteiger partial charge in [0, 0.05) is 17.6 Å². The van der Waals surface area contributed by atoms with E-state index in [1.54, 1.807) is 28.6 Å². The fourth-order valence-corrected chi connectivity index (χ4v) is 5.35. The summed E-state index contributed by atoms with van der Waals surface area (Å²) in [6.45, 7) is 2.45. The summed E-state index contributed by atoms with van der Waals surface area (Å²) in [6.07, 6.45) is 3.75. The lowest BCUT2D eigenvalue weighted by Gasteiger charge is -2.35. The van der Waals surface area contributed by atoms with Gasteiger partial charge in [0.25, 0.3) is 0 Å². The molecule has 0 aliphatic carbocycles. The summed E-state index contributed by atoms with van der Waals surface area (Å²) in [5.74, 6) is -0.332. The van der Waals surface area contributed by atoms with Gasteiger partial charge < -0.3 is 0 Å². The molecule has 1 saturated heterocycles. The van der Waals surface area contributed by atoms with Gasteiger partial charge in [-0.05, 0) is 62.4 Å². The maximum atomic E-state index is 14.0. The SMILES string of the molecule is Cc1ccc(S(=O)(=O)N2CCCCC2CCc2ccc(Cl)cc2F)cc1. The highest BCUT2D eigenvalue weighted by Crippen LogP contribution is 2.28. The molecular weight excluding hydrogens is 373 g/mol. The number of rotatable bonds is 5. The van der Waals surface area contributed by atoms with Crippen molar-refractivity contribution in [2.24, 2.45) is 0 Å². The molecule has 0 saturated carbocycles. The average molecular weight is 396 g/mol. The molecule has 0 aromatic heterocycles. The van der Waals surface area contributed by atoms with E-state index in [0.717, 1.165) is 24.8 Å². The predicted octanol–water partition coefficient (Wildman–Crippen LogP) is 4.96. The van der Waals surface area contributed by atoms with Gasteiger partial charge in [-0.15, -0.1) is 0 Å². The van der Waals surface area contributed by atoms with Crippen molar-refractivity contribution in [1.82, 2.24) is 4.31 Å². The number of aryl methyl sites for hydroxylation is 2. The smallest absolute Gasteiger partial charge is 0.207 e. The third-order valence-corrected chi connectivity index (χ3v) is 7.16. The molecule has 26 heavy (non-hydrogen) atoms. The van der Waals surface area contributed by atoms with Crippen LogP contribution in [-0.2, 0) is 16.4 Å². The van der Waals surface area contributed by atoms with Crippen LogP contribution in [0.25, 0.3) is 0 Å². The van der Waals surface area contributed by atoms with E-state index < -0.39 is 10.0 Å². The molecule has 0 N–H and O–H groups in total. The highest BCUT2D eigenvalue weighted by atomic mass is 35.5. The van der Waals surface area contributed by atoms with Gasteiger partial charge in [-0.3, -0.25) is 0 Å². The molecule has 1 atom stereocenters. The van der Waals surface area contributed by atoms with E-state index in [9.17, 15) is 12.8 Å². The lowest BCUT2D eigenvalue weighted by molar-refractivity contribution is 0.240. The van der Waals surface area contributed by atoms with Crippen molar-refractivity contribution in [3.63, 3.8) is 0 Å². The van der Waals surface area contributed by atoms with Gasteiger partial charge >= 0.3 is 0 Å². The number of hydrogen-bond acceptors (Lipinski definition) is 2. The Labute approximate surface area is 159 Å². The Bertz CT molecular complexity index is 868. The summed E-state index contributed by atoms with van der Waals surface area (Å²) in [7, 11) is -3.53. The molecule has 2 aromatic carbocycles. The van der Waals surface area contributed by atoms with E-state index in [0.29, 0.717) is 34.9 Å². The molecule has 3 rings (SSSR count). The van der Waals surface area contributed by atoms with E-state index in [1.165, 1.54) is 6.07 Å². The summed E-state index contributed by atoms with van der Waals surface area (Å²) in [5, 5.41) is 0.368. The van der Waals surface area contributed by atoms with E-state index in [2.05, 4.69) is 0 Å². The highest BCUT2D eigenvalue weighted by molar-refractivity contribution is 7.89. The Hall–Kier alpha value is -1.43. The molecule has 0 amide bonds. The minimum Gasteiger partial charge on any atom is -0.207 e. The maximum Gasteiger partial charge on any atom is 0.243 e. The zero-order chi connectivity index (χ0) is 18.7. The van der Waals surface area contributed by atoms with Crippen molar-refractivity contribution >= 4 is 21.6 Å². The Morgan fingerprint density at radius 1 is 1.15 bits per heavy atom. The predicted molar refractivity (Wildman–Crippen MR) is 102 cm³/mol. The summed E-state index contributed by atoms with van der Waals surface area (Å²) in [5.41, 5.74) is 1.60. The van der Waals surface area contributed by atoms with Crippen molar-refractivity contribution in [2.45, 2.75) is 50.0 Å². The number of benzene rings is 2. The number of hydrogen-bond donors (Lipinski definition) is 0. The molecule has 0 radical (unpaired) electrons. The first-order valence-corrected chi connectivity index (χ1v) is 10.7. The third kappa shape index (κ3) is 4.27. The quantitative estimate of drug-likeness (QED) is 0.717. The van der Waals surface area contributed by atoms with Crippen LogP contribution in [0.15, 0.2) is 47.4 Å². The molecule has 1 unspecified atom stereocenters. The van der Waals surface area contributed by atoms with Gasteiger partial charge in [0.1, 0.15) is 5.82 Å². The summed E-state index contributed by atoms with van der Waals surface area (Å²) in [4.78, 5) is 0.327. The Balaban J connectivity index is 1.78. The summed E-state index contributed by atoms with van der Waals surface area (Å²) < 4.78 is 41.8. The molecule has 0 bridgehead atoms. The van der Waals surface area contributed by atoms with Crippen LogP contribution in [0.1, 0.15) is 36.8 Å². The molecule has 3 nitrogen and oxygen atoms in total. The van der Waals surface area contributed by atoms with Crippen LogP contribution < -0.4 is 0 Å². The largest absolute Gasteiger partial charge is 0.243 e. The fourth-order valence-electron chi connectivity index (χ4n) is 3.47. The number of sulfonamides is 1. The van der Waals surface area contributed by atoms with Crippen molar-refractivity contribution in [1.29, 1.82) is 0 Å². The van der Waals surface area contributed by atoms with Gasteiger partial charge in [-0.25, -0.2) is 12.8 Å². The summed E-state index contributed by atoms with van der Waals surface area (Å²) in [6, 6.07) is 11.5. The lowest BCUT2D eigenvalue weighted by atomic mass is 9.98. The van der Waals surface area contributed by atoms with Gasteiger partial charge in [0.05, 0.1) is 4.90 Å². The number of piperidine rings is 1. The zero-order valence-electron chi connectivity index (χ0n) is 14.8. The van der Waals surface area contributed by atoms with Crippen molar-refractivity contribution in [3.8, 4) is 0 Å². The molecule has 1 heterocycles. The molecule has 1 fully saturated rings. The second kappa shape index (κ2) is 8.07. The van der Waals surface area contributed by atoms with Crippen molar-refractivity contribution in [3.05, 3.63) is 64.4 Å². The minimum atomic E-state index is -3.53. The Morgan fingerprint density at radius 3 is 2.58 bits per heavy atom. The molecule has 140 valence electrons. The first-order chi connectivity index (χ1) is 12.4. The fraction of sp³-hybridized carbons (Fsp3) is 0.400. The van der Waals surface area contributed by atoms with E-state index in [-0.39, 0.29) is 11.9 Å². The van der Waals surface area contributed by atoms with Crippen LogP contribution >= 0.6 is 11.6 Å². The molecule has 1 aliphatic rings. The first-order valence-electron chi connectivity index (χ1n) is 8.90.